The summed E-state index contributed by atoms with van der Waals surface area (Å²) in [7, 11) is 1.88. The van der Waals surface area contributed by atoms with Gasteiger partial charge in [-0.25, -0.2) is 4.98 Å². The molecule has 0 saturated carbocycles. The lowest BCUT2D eigenvalue weighted by Gasteiger charge is -2.25. The summed E-state index contributed by atoms with van der Waals surface area (Å²) in [6, 6.07) is 14.0. The van der Waals surface area contributed by atoms with Crippen LogP contribution in [-0.2, 0) is 13.5 Å². The average molecular weight is 397 g/mol. The number of hydrogen-bond donors (Lipinski definition) is 0. The molecule has 4 heterocycles. The number of aryl methyl sites for hydroxylation is 1. The fraction of sp³-hybridized carbons (Fsp3) is 0.250. The van der Waals surface area contributed by atoms with Gasteiger partial charge in [-0.2, -0.15) is 5.10 Å². The number of fused-ring (bicyclic) bond motifs is 1. The van der Waals surface area contributed by atoms with Crippen LogP contribution >= 0.6 is 0 Å². The highest BCUT2D eigenvalue weighted by Gasteiger charge is 2.30. The minimum Gasteiger partial charge on any atom is -0.335 e. The third-order valence-electron chi connectivity index (χ3n) is 5.78. The topological polar surface area (TPSA) is 63.9 Å². The molecule has 0 bridgehead atoms. The Hall–Kier alpha value is -3.54. The molecule has 6 nitrogen and oxygen atoms in total. The van der Waals surface area contributed by atoms with Crippen LogP contribution in [0, 0.1) is 0 Å². The van der Waals surface area contributed by atoms with Gasteiger partial charge in [-0.05, 0) is 43.0 Å². The largest absolute Gasteiger partial charge is 0.335 e. The fourth-order valence-corrected chi connectivity index (χ4v) is 4.31. The maximum Gasteiger partial charge on any atom is 0.254 e. The van der Waals surface area contributed by atoms with Gasteiger partial charge in [0.15, 0.2) is 0 Å². The number of para-hydroxylation sites is 1. The second kappa shape index (κ2) is 7.71. The Morgan fingerprint density at radius 3 is 2.87 bits per heavy atom. The number of nitrogens with zero attached hydrogens (tertiary/aromatic N) is 5. The van der Waals surface area contributed by atoms with Crippen LogP contribution in [0.3, 0.4) is 0 Å². The lowest BCUT2D eigenvalue weighted by Crippen LogP contribution is -2.37. The molecule has 1 saturated heterocycles. The summed E-state index contributed by atoms with van der Waals surface area (Å²) in [4.78, 5) is 24.7. The van der Waals surface area contributed by atoms with Crippen molar-refractivity contribution in [1.82, 2.24) is 24.6 Å². The molecule has 4 aromatic rings. The van der Waals surface area contributed by atoms with Crippen molar-refractivity contribution in [2.45, 2.75) is 25.3 Å². The highest BCUT2D eigenvalue weighted by molar-refractivity contribution is 6.07. The Labute approximate surface area is 175 Å². The molecule has 30 heavy (non-hydrogen) atoms. The SMILES string of the molecule is Cn1cc(-c2cc(C(=O)N3CCCC3Cc3cccnc3)c3ccccc3n2)cn1. The molecule has 3 aromatic heterocycles. The molecule has 1 atom stereocenters. The van der Waals surface area contributed by atoms with Gasteiger partial charge >= 0.3 is 0 Å². The number of rotatable bonds is 4. The molecule has 6 heteroatoms. The summed E-state index contributed by atoms with van der Waals surface area (Å²) >= 11 is 0. The van der Waals surface area contributed by atoms with Crippen molar-refractivity contribution in [1.29, 1.82) is 0 Å². The van der Waals surface area contributed by atoms with Gasteiger partial charge in [-0.3, -0.25) is 14.5 Å². The van der Waals surface area contributed by atoms with Crippen LogP contribution in [0.5, 0.6) is 0 Å². The maximum atomic E-state index is 13.7. The Bertz CT molecular complexity index is 1200. The van der Waals surface area contributed by atoms with Crippen molar-refractivity contribution in [2.24, 2.45) is 7.05 Å². The average Bonchev–Trinajstić information content (AvgIpc) is 3.42. The normalized spacial score (nSPS) is 16.3. The third kappa shape index (κ3) is 3.45. The van der Waals surface area contributed by atoms with E-state index in [-0.39, 0.29) is 11.9 Å². The first-order valence-electron chi connectivity index (χ1n) is 10.3. The first-order chi connectivity index (χ1) is 14.7. The van der Waals surface area contributed by atoms with E-state index in [2.05, 4.69) is 16.1 Å². The van der Waals surface area contributed by atoms with E-state index in [1.165, 1.54) is 0 Å². The second-order valence-electron chi connectivity index (χ2n) is 7.83. The summed E-state index contributed by atoms with van der Waals surface area (Å²) in [6.45, 7) is 0.780. The van der Waals surface area contributed by atoms with E-state index >= 15 is 0 Å². The monoisotopic (exact) mass is 397 g/mol. The number of carbonyl (C=O) groups excluding carboxylic acids is 1. The molecule has 1 amide bonds. The van der Waals surface area contributed by atoms with Gasteiger partial charge < -0.3 is 4.90 Å². The van der Waals surface area contributed by atoms with Crippen LogP contribution in [0.1, 0.15) is 28.8 Å². The first kappa shape index (κ1) is 18.5. The molecular formula is C24H23N5O. The van der Waals surface area contributed by atoms with Gasteiger partial charge in [0, 0.05) is 49.2 Å². The van der Waals surface area contributed by atoms with Crippen LogP contribution in [0.2, 0.25) is 0 Å². The van der Waals surface area contributed by atoms with E-state index in [9.17, 15) is 4.79 Å². The van der Waals surface area contributed by atoms with Crippen molar-refractivity contribution < 1.29 is 4.79 Å². The molecule has 5 rings (SSSR count). The van der Waals surface area contributed by atoms with Crippen LogP contribution in [0.15, 0.2) is 67.3 Å². The molecule has 1 fully saturated rings. The van der Waals surface area contributed by atoms with E-state index in [4.69, 9.17) is 4.98 Å². The minimum absolute atomic E-state index is 0.0742. The van der Waals surface area contributed by atoms with Crippen molar-refractivity contribution in [3.05, 3.63) is 78.4 Å². The molecule has 150 valence electrons. The first-order valence-corrected chi connectivity index (χ1v) is 10.3. The van der Waals surface area contributed by atoms with Crippen LogP contribution in [0.4, 0.5) is 0 Å². The quantitative estimate of drug-likeness (QED) is 0.524. The Kier molecular flexibility index (Phi) is 4.75. The summed E-state index contributed by atoms with van der Waals surface area (Å²) in [6.07, 6.45) is 10.2. The van der Waals surface area contributed by atoms with Crippen LogP contribution in [0.25, 0.3) is 22.2 Å². The van der Waals surface area contributed by atoms with E-state index in [1.54, 1.807) is 17.1 Å². The van der Waals surface area contributed by atoms with Crippen molar-refractivity contribution in [3.8, 4) is 11.3 Å². The number of hydrogen-bond acceptors (Lipinski definition) is 4. The molecule has 0 radical (unpaired) electrons. The van der Waals surface area contributed by atoms with E-state index < -0.39 is 0 Å². The van der Waals surface area contributed by atoms with E-state index in [0.717, 1.165) is 53.5 Å². The standard InChI is InChI=1S/C24H23N5O/c1-28-16-18(15-26-28)23-13-21(20-8-2-3-9-22(20)27-23)24(30)29-11-5-7-19(29)12-17-6-4-10-25-14-17/h2-4,6,8-10,13-16,19H,5,7,11-12H2,1H3. The zero-order chi connectivity index (χ0) is 20.5. The molecule has 1 unspecified atom stereocenters. The molecule has 0 N–H and O–H groups in total. The van der Waals surface area contributed by atoms with E-state index in [0.29, 0.717) is 5.56 Å². The van der Waals surface area contributed by atoms with Gasteiger partial charge in [-0.1, -0.05) is 24.3 Å². The number of likely N-dealkylation sites (tertiary alicyclic amines) is 1. The summed E-state index contributed by atoms with van der Waals surface area (Å²) < 4.78 is 1.75. The number of benzene rings is 1. The van der Waals surface area contributed by atoms with Crippen molar-refractivity contribution in [3.63, 3.8) is 0 Å². The minimum atomic E-state index is 0.0742. The third-order valence-corrected chi connectivity index (χ3v) is 5.78. The number of aromatic nitrogens is 4. The van der Waals surface area contributed by atoms with Crippen LogP contribution in [-0.4, -0.2) is 43.1 Å². The summed E-state index contributed by atoms with van der Waals surface area (Å²) in [5, 5.41) is 5.15. The van der Waals surface area contributed by atoms with Gasteiger partial charge in [0.2, 0.25) is 0 Å². The van der Waals surface area contributed by atoms with Crippen LogP contribution < -0.4 is 0 Å². The van der Waals surface area contributed by atoms with E-state index in [1.807, 2.05) is 60.7 Å². The zero-order valence-corrected chi connectivity index (χ0v) is 16.9. The Morgan fingerprint density at radius 2 is 2.07 bits per heavy atom. The summed E-state index contributed by atoms with van der Waals surface area (Å²) in [5.74, 6) is 0.0742. The predicted octanol–water partition coefficient (Wildman–Crippen LogP) is 3.88. The van der Waals surface area contributed by atoms with Crippen molar-refractivity contribution >= 4 is 16.8 Å². The Balaban J connectivity index is 1.53. The highest BCUT2D eigenvalue weighted by atomic mass is 16.2. The predicted molar refractivity (Wildman–Crippen MR) is 116 cm³/mol. The number of carbonyl (C=O) groups is 1. The fourth-order valence-electron chi connectivity index (χ4n) is 4.31. The highest BCUT2D eigenvalue weighted by Crippen LogP contribution is 2.29. The number of pyridine rings is 2. The smallest absolute Gasteiger partial charge is 0.254 e. The van der Waals surface area contributed by atoms with Gasteiger partial charge in [0.25, 0.3) is 5.91 Å². The lowest BCUT2D eigenvalue weighted by atomic mass is 10.0. The van der Waals surface area contributed by atoms with Gasteiger partial charge in [0.05, 0.1) is 23.0 Å². The zero-order valence-electron chi connectivity index (χ0n) is 16.9. The molecule has 0 spiro atoms. The molecular weight excluding hydrogens is 374 g/mol. The number of amides is 1. The maximum absolute atomic E-state index is 13.7. The molecule has 1 aliphatic heterocycles. The van der Waals surface area contributed by atoms with Crippen molar-refractivity contribution in [2.75, 3.05) is 6.54 Å². The summed E-state index contributed by atoms with van der Waals surface area (Å²) in [5.41, 5.74) is 4.37. The molecule has 1 aliphatic rings. The van der Waals surface area contributed by atoms with Gasteiger partial charge in [-0.15, -0.1) is 0 Å². The lowest BCUT2D eigenvalue weighted by molar-refractivity contribution is 0.0738. The van der Waals surface area contributed by atoms with Gasteiger partial charge in [0.1, 0.15) is 0 Å². The second-order valence-corrected chi connectivity index (χ2v) is 7.83. The molecule has 0 aliphatic carbocycles. The Morgan fingerprint density at radius 1 is 1.17 bits per heavy atom. The molecule has 1 aromatic carbocycles.